The van der Waals surface area contributed by atoms with Gasteiger partial charge in [-0.3, -0.25) is 4.79 Å². The molecule has 0 bridgehead atoms. The van der Waals surface area contributed by atoms with Gasteiger partial charge >= 0.3 is 5.97 Å². The molecule has 0 atom stereocenters. The van der Waals surface area contributed by atoms with Gasteiger partial charge < -0.3 is 4.74 Å². The highest BCUT2D eigenvalue weighted by atomic mass is 127. The Morgan fingerprint density at radius 2 is 2.00 bits per heavy atom. The van der Waals surface area contributed by atoms with Crippen molar-refractivity contribution in [3.8, 4) is 5.75 Å². The molecule has 12 heavy (non-hydrogen) atoms. The average Bonchev–Trinajstić information content (AvgIpc) is 2.09. The SMILES string of the molecule is O=C(CI)Oc1ccc(Cl)cc1. The van der Waals surface area contributed by atoms with E-state index >= 15 is 0 Å². The maximum atomic E-state index is 10.8. The minimum Gasteiger partial charge on any atom is -0.426 e. The van der Waals surface area contributed by atoms with Crippen molar-refractivity contribution in [3.63, 3.8) is 0 Å². The molecule has 4 heteroatoms. The zero-order valence-electron chi connectivity index (χ0n) is 6.09. The van der Waals surface area contributed by atoms with E-state index in [9.17, 15) is 4.79 Å². The Morgan fingerprint density at radius 3 is 2.50 bits per heavy atom. The molecule has 64 valence electrons. The van der Waals surface area contributed by atoms with Crippen molar-refractivity contribution >= 4 is 40.2 Å². The first kappa shape index (κ1) is 9.80. The van der Waals surface area contributed by atoms with Crippen LogP contribution in [0.5, 0.6) is 5.75 Å². The summed E-state index contributed by atoms with van der Waals surface area (Å²) in [6.07, 6.45) is 0. The van der Waals surface area contributed by atoms with Gasteiger partial charge in [-0.25, -0.2) is 0 Å². The number of halogens is 2. The summed E-state index contributed by atoms with van der Waals surface area (Å²) in [6, 6.07) is 6.67. The van der Waals surface area contributed by atoms with Crippen LogP contribution in [0.4, 0.5) is 0 Å². The Bertz CT molecular complexity index is 271. The molecule has 0 saturated heterocycles. The minimum atomic E-state index is -0.252. The second kappa shape index (κ2) is 4.67. The van der Waals surface area contributed by atoms with Gasteiger partial charge in [0.2, 0.25) is 0 Å². The number of rotatable bonds is 2. The summed E-state index contributed by atoms with van der Waals surface area (Å²) in [5, 5.41) is 0.629. The van der Waals surface area contributed by atoms with E-state index in [1.54, 1.807) is 24.3 Å². The Kier molecular flexibility index (Phi) is 3.81. The Hall–Kier alpha value is -0.290. The number of carbonyl (C=O) groups is 1. The fraction of sp³-hybridized carbons (Fsp3) is 0.125. The second-order valence-corrected chi connectivity index (χ2v) is 3.26. The summed E-state index contributed by atoms with van der Waals surface area (Å²) in [5.41, 5.74) is 0. The lowest BCUT2D eigenvalue weighted by molar-refractivity contribution is -0.131. The Balaban J connectivity index is 2.64. The van der Waals surface area contributed by atoms with Gasteiger partial charge in [0.25, 0.3) is 0 Å². The molecule has 2 nitrogen and oxygen atoms in total. The number of ether oxygens (including phenoxy) is 1. The van der Waals surface area contributed by atoms with E-state index in [1.165, 1.54) is 0 Å². The largest absolute Gasteiger partial charge is 0.426 e. The first-order valence-electron chi connectivity index (χ1n) is 3.24. The van der Waals surface area contributed by atoms with Crippen molar-refractivity contribution in [3.05, 3.63) is 29.3 Å². The van der Waals surface area contributed by atoms with Gasteiger partial charge in [-0.2, -0.15) is 0 Å². The van der Waals surface area contributed by atoms with Crippen LogP contribution in [0.25, 0.3) is 0 Å². The van der Waals surface area contributed by atoms with E-state index in [4.69, 9.17) is 16.3 Å². The number of carbonyl (C=O) groups excluding carboxylic acids is 1. The normalized spacial score (nSPS) is 9.50. The molecule has 0 heterocycles. The zero-order valence-corrected chi connectivity index (χ0v) is 9.00. The number of hydrogen-bond acceptors (Lipinski definition) is 2. The lowest BCUT2D eigenvalue weighted by Gasteiger charge is -2.00. The van der Waals surface area contributed by atoms with Crippen molar-refractivity contribution in [1.29, 1.82) is 0 Å². The third-order valence-corrected chi connectivity index (χ3v) is 2.03. The standard InChI is InChI=1S/C8H6ClIO2/c9-6-1-3-7(4-2-6)12-8(11)5-10/h1-4H,5H2. The highest BCUT2D eigenvalue weighted by molar-refractivity contribution is 14.1. The Labute approximate surface area is 89.0 Å². The predicted molar refractivity (Wildman–Crippen MR) is 56.0 cm³/mol. The summed E-state index contributed by atoms with van der Waals surface area (Å²) in [6.45, 7) is 0. The fourth-order valence-corrected chi connectivity index (χ4v) is 0.943. The monoisotopic (exact) mass is 296 g/mol. The molecular weight excluding hydrogens is 290 g/mol. The lowest BCUT2D eigenvalue weighted by atomic mass is 10.3. The van der Waals surface area contributed by atoms with E-state index in [0.717, 1.165) is 0 Å². The molecule has 0 fully saturated rings. The van der Waals surface area contributed by atoms with Crippen LogP contribution in [0, 0.1) is 0 Å². The molecule has 0 unspecified atom stereocenters. The summed E-state index contributed by atoms with van der Waals surface area (Å²) < 4.78 is 5.26. The highest BCUT2D eigenvalue weighted by Gasteiger charge is 2.00. The third-order valence-electron chi connectivity index (χ3n) is 1.15. The highest BCUT2D eigenvalue weighted by Crippen LogP contribution is 2.15. The lowest BCUT2D eigenvalue weighted by Crippen LogP contribution is -2.08. The van der Waals surface area contributed by atoms with Crippen molar-refractivity contribution in [2.24, 2.45) is 0 Å². The van der Waals surface area contributed by atoms with Crippen LogP contribution in [0.1, 0.15) is 0 Å². The first-order chi connectivity index (χ1) is 5.72. The molecule has 0 radical (unpaired) electrons. The minimum absolute atomic E-state index is 0.252. The molecule has 0 aliphatic carbocycles. The predicted octanol–water partition coefficient (Wildman–Crippen LogP) is 2.68. The van der Waals surface area contributed by atoms with Crippen LogP contribution < -0.4 is 4.74 Å². The quantitative estimate of drug-likeness (QED) is 0.363. The molecular formula is C8H6ClIO2. The van der Waals surface area contributed by atoms with Crippen molar-refractivity contribution in [1.82, 2.24) is 0 Å². The van der Waals surface area contributed by atoms with E-state index in [2.05, 4.69) is 0 Å². The van der Waals surface area contributed by atoms with Crippen molar-refractivity contribution < 1.29 is 9.53 Å². The van der Waals surface area contributed by atoms with Crippen LogP contribution in [0.2, 0.25) is 5.02 Å². The number of esters is 1. The zero-order chi connectivity index (χ0) is 8.97. The molecule has 0 amide bonds. The second-order valence-electron chi connectivity index (χ2n) is 2.06. The van der Waals surface area contributed by atoms with Gasteiger partial charge in [0, 0.05) is 5.02 Å². The summed E-state index contributed by atoms with van der Waals surface area (Å²) in [4.78, 5) is 10.8. The van der Waals surface area contributed by atoms with Crippen LogP contribution in [-0.2, 0) is 4.79 Å². The number of hydrogen-bond donors (Lipinski definition) is 0. The van der Waals surface area contributed by atoms with E-state index in [0.29, 0.717) is 15.2 Å². The van der Waals surface area contributed by atoms with Gasteiger partial charge in [0.1, 0.15) is 5.75 Å². The molecule has 0 N–H and O–H groups in total. The summed E-state index contributed by atoms with van der Waals surface area (Å²) in [7, 11) is 0. The number of benzene rings is 1. The van der Waals surface area contributed by atoms with Gasteiger partial charge in [0.05, 0.1) is 4.43 Å². The molecule has 0 saturated carbocycles. The fourth-order valence-electron chi connectivity index (χ4n) is 0.661. The van der Waals surface area contributed by atoms with Crippen LogP contribution in [0.15, 0.2) is 24.3 Å². The van der Waals surface area contributed by atoms with Crippen LogP contribution in [-0.4, -0.2) is 10.4 Å². The molecule has 0 spiro atoms. The van der Waals surface area contributed by atoms with Crippen LogP contribution in [0.3, 0.4) is 0 Å². The van der Waals surface area contributed by atoms with Crippen molar-refractivity contribution in [2.75, 3.05) is 4.43 Å². The summed E-state index contributed by atoms with van der Waals surface area (Å²) in [5.74, 6) is 0.277. The summed E-state index contributed by atoms with van der Waals surface area (Å²) >= 11 is 7.59. The Morgan fingerprint density at radius 1 is 1.42 bits per heavy atom. The molecule has 0 aliphatic heterocycles. The third kappa shape index (κ3) is 2.98. The number of alkyl halides is 1. The van der Waals surface area contributed by atoms with Crippen molar-refractivity contribution in [2.45, 2.75) is 0 Å². The molecule has 1 rings (SSSR count). The van der Waals surface area contributed by atoms with Gasteiger partial charge in [-0.15, -0.1) is 0 Å². The van der Waals surface area contributed by atoms with Gasteiger partial charge in [-0.1, -0.05) is 34.2 Å². The van der Waals surface area contributed by atoms with E-state index < -0.39 is 0 Å². The molecule has 1 aromatic carbocycles. The van der Waals surface area contributed by atoms with Gasteiger partial charge in [-0.05, 0) is 24.3 Å². The first-order valence-corrected chi connectivity index (χ1v) is 5.15. The topological polar surface area (TPSA) is 26.3 Å². The smallest absolute Gasteiger partial charge is 0.321 e. The molecule has 0 aliphatic rings. The molecule has 0 aromatic heterocycles. The van der Waals surface area contributed by atoms with Crippen LogP contribution >= 0.6 is 34.2 Å². The van der Waals surface area contributed by atoms with E-state index in [-0.39, 0.29) is 5.97 Å². The maximum absolute atomic E-state index is 10.8. The molecule has 1 aromatic rings. The van der Waals surface area contributed by atoms with E-state index in [1.807, 2.05) is 22.6 Å². The average molecular weight is 296 g/mol. The maximum Gasteiger partial charge on any atom is 0.321 e. The van der Waals surface area contributed by atoms with Gasteiger partial charge in [0.15, 0.2) is 0 Å².